The Balaban J connectivity index is 2.31. The Hall–Kier alpha value is -1.70. The summed E-state index contributed by atoms with van der Waals surface area (Å²) in [5.74, 6) is -0.105. The van der Waals surface area contributed by atoms with Crippen molar-refractivity contribution >= 4 is 28.6 Å². The van der Waals surface area contributed by atoms with E-state index in [0.717, 1.165) is 15.7 Å². The van der Waals surface area contributed by atoms with E-state index in [1.165, 1.54) is 18.5 Å². The van der Waals surface area contributed by atoms with Gasteiger partial charge in [-0.3, -0.25) is 0 Å². The van der Waals surface area contributed by atoms with Gasteiger partial charge in [0.25, 0.3) is 0 Å². The molecule has 2 rings (SSSR count). The van der Waals surface area contributed by atoms with E-state index in [1.54, 1.807) is 12.1 Å². The van der Waals surface area contributed by atoms with Gasteiger partial charge in [0, 0.05) is 11.8 Å². The molecule has 19 heavy (non-hydrogen) atoms. The van der Waals surface area contributed by atoms with Gasteiger partial charge in [-0.05, 0) is 47.2 Å². The first kappa shape index (κ1) is 13.7. The lowest BCUT2D eigenvalue weighted by molar-refractivity contribution is 0.0696. The first-order chi connectivity index (χ1) is 9.10. The molecule has 0 saturated carbocycles. The minimum Gasteiger partial charge on any atom is -0.478 e. The molecule has 1 N–H and O–H groups in total. The molecular formula is C13H11IN2O3. The maximum Gasteiger partial charge on any atom is 0.335 e. The van der Waals surface area contributed by atoms with Crippen molar-refractivity contribution in [3.8, 4) is 11.6 Å². The highest BCUT2D eigenvalue weighted by molar-refractivity contribution is 14.1. The number of aromatic nitrogens is 2. The number of carboxylic acid groups (broad SMARTS) is 1. The minimum absolute atomic E-state index is 0.181. The van der Waals surface area contributed by atoms with Crippen molar-refractivity contribution in [1.29, 1.82) is 0 Å². The molecule has 98 valence electrons. The lowest BCUT2D eigenvalue weighted by Crippen LogP contribution is -1.99. The largest absolute Gasteiger partial charge is 0.478 e. The van der Waals surface area contributed by atoms with E-state index in [1.807, 2.05) is 6.92 Å². The van der Waals surface area contributed by atoms with Crippen LogP contribution < -0.4 is 4.74 Å². The Morgan fingerprint density at radius 1 is 1.37 bits per heavy atom. The van der Waals surface area contributed by atoms with Gasteiger partial charge in [-0.25, -0.2) is 14.8 Å². The highest BCUT2D eigenvalue weighted by atomic mass is 127. The van der Waals surface area contributed by atoms with Gasteiger partial charge >= 0.3 is 5.97 Å². The molecule has 5 nitrogen and oxygen atoms in total. The second-order valence-electron chi connectivity index (χ2n) is 3.75. The normalized spacial score (nSPS) is 10.2. The van der Waals surface area contributed by atoms with E-state index in [-0.39, 0.29) is 5.56 Å². The minimum atomic E-state index is -0.988. The van der Waals surface area contributed by atoms with Crippen LogP contribution in [0, 0.1) is 3.57 Å². The van der Waals surface area contributed by atoms with Gasteiger partial charge in [-0.1, -0.05) is 6.92 Å². The summed E-state index contributed by atoms with van der Waals surface area (Å²) in [6.45, 7) is 1.99. The fraction of sp³-hybridized carbons (Fsp3) is 0.154. The van der Waals surface area contributed by atoms with Crippen molar-refractivity contribution in [2.45, 2.75) is 13.3 Å². The summed E-state index contributed by atoms with van der Waals surface area (Å²) in [7, 11) is 0. The zero-order valence-electron chi connectivity index (χ0n) is 10.1. The van der Waals surface area contributed by atoms with Crippen LogP contribution in [-0.4, -0.2) is 21.0 Å². The molecule has 1 heterocycles. The lowest BCUT2D eigenvalue weighted by atomic mass is 10.2. The maximum absolute atomic E-state index is 10.9. The molecular weight excluding hydrogens is 359 g/mol. The first-order valence-electron chi connectivity index (χ1n) is 5.61. The molecule has 0 unspecified atom stereocenters. The number of aryl methyl sites for hydroxylation is 1. The van der Waals surface area contributed by atoms with Gasteiger partial charge in [0.05, 0.1) is 9.13 Å². The second-order valence-corrected chi connectivity index (χ2v) is 4.92. The van der Waals surface area contributed by atoms with E-state index in [0.29, 0.717) is 11.6 Å². The van der Waals surface area contributed by atoms with Gasteiger partial charge < -0.3 is 9.84 Å². The quantitative estimate of drug-likeness (QED) is 0.838. The molecule has 0 radical (unpaired) electrons. The average molecular weight is 370 g/mol. The molecule has 0 aliphatic carbocycles. The second kappa shape index (κ2) is 5.96. The van der Waals surface area contributed by atoms with E-state index in [4.69, 9.17) is 9.84 Å². The van der Waals surface area contributed by atoms with Crippen molar-refractivity contribution in [3.63, 3.8) is 0 Å². The molecule has 0 saturated heterocycles. The van der Waals surface area contributed by atoms with Crippen LogP contribution in [0.4, 0.5) is 0 Å². The smallest absolute Gasteiger partial charge is 0.335 e. The van der Waals surface area contributed by atoms with E-state index < -0.39 is 5.97 Å². The summed E-state index contributed by atoms with van der Waals surface area (Å²) in [5.41, 5.74) is 1.05. The number of carboxylic acids is 1. The van der Waals surface area contributed by atoms with Crippen molar-refractivity contribution in [2.24, 2.45) is 0 Å². The van der Waals surface area contributed by atoms with E-state index in [9.17, 15) is 4.79 Å². The fourth-order valence-electron chi connectivity index (χ4n) is 1.45. The van der Waals surface area contributed by atoms with Crippen molar-refractivity contribution in [3.05, 3.63) is 45.4 Å². The van der Waals surface area contributed by atoms with E-state index in [2.05, 4.69) is 32.6 Å². The number of rotatable bonds is 4. The summed E-state index contributed by atoms with van der Waals surface area (Å²) >= 11 is 2.08. The maximum atomic E-state index is 10.9. The van der Waals surface area contributed by atoms with Gasteiger partial charge in [0.15, 0.2) is 0 Å². The summed E-state index contributed by atoms with van der Waals surface area (Å²) in [5, 5.41) is 8.96. The Labute approximate surface area is 123 Å². The summed E-state index contributed by atoms with van der Waals surface area (Å²) in [6.07, 6.45) is 2.22. The van der Waals surface area contributed by atoms with Gasteiger partial charge in [0.1, 0.15) is 12.1 Å². The Bertz CT molecular complexity index is 617. The average Bonchev–Trinajstić information content (AvgIpc) is 2.41. The number of carbonyl (C=O) groups is 1. The number of nitrogens with zero attached hydrogens (tertiary/aromatic N) is 2. The van der Waals surface area contributed by atoms with Crippen LogP contribution in [0.3, 0.4) is 0 Å². The third kappa shape index (κ3) is 3.40. The number of halogens is 1. The fourth-order valence-corrected chi connectivity index (χ4v) is 1.90. The zero-order valence-corrected chi connectivity index (χ0v) is 12.3. The van der Waals surface area contributed by atoms with Crippen LogP contribution in [0.15, 0.2) is 30.6 Å². The number of aromatic carboxylic acids is 1. The number of hydrogen-bond donors (Lipinski definition) is 1. The lowest BCUT2D eigenvalue weighted by Gasteiger charge is -2.08. The van der Waals surface area contributed by atoms with Gasteiger partial charge in [-0.15, -0.1) is 0 Å². The summed E-state index contributed by atoms with van der Waals surface area (Å²) in [6, 6.07) is 6.46. The summed E-state index contributed by atoms with van der Waals surface area (Å²) < 4.78 is 6.44. The Morgan fingerprint density at radius 3 is 2.84 bits per heavy atom. The third-order valence-electron chi connectivity index (χ3n) is 2.45. The van der Waals surface area contributed by atoms with Crippen molar-refractivity contribution in [2.75, 3.05) is 0 Å². The molecule has 2 aromatic rings. The van der Waals surface area contributed by atoms with Crippen molar-refractivity contribution < 1.29 is 14.6 Å². The van der Waals surface area contributed by atoms with Crippen molar-refractivity contribution in [1.82, 2.24) is 9.97 Å². The number of hydrogen-bond acceptors (Lipinski definition) is 4. The standard InChI is InChI=1S/C13H11IN2O3/c1-2-9-6-12(16-7-15-9)19-11-5-8(13(17)18)3-4-10(11)14/h3-7H,2H2,1H3,(H,17,18). The topological polar surface area (TPSA) is 72.3 Å². The van der Waals surface area contributed by atoms with Crippen LogP contribution in [-0.2, 0) is 6.42 Å². The Kier molecular flexibility index (Phi) is 4.31. The molecule has 0 amide bonds. The third-order valence-corrected chi connectivity index (χ3v) is 3.34. The first-order valence-corrected chi connectivity index (χ1v) is 6.69. The molecule has 1 aromatic carbocycles. The van der Waals surface area contributed by atoms with Gasteiger partial charge in [-0.2, -0.15) is 0 Å². The Morgan fingerprint density at radius 2 is 2.16 bits per heavy atom. The molecule has 0 fully saturated rings. The van der Waals surface area contributed by atoms with Crippen LogP contribution >= 0.6 is 22.6 Å². The molecule has 0 aliphatic heterocycles. The molecule has 0 spiro atoms. The SMILES string of the molecule is CCc1cc(Oc2cc(C(=O)O)ccc2I)ncn1. The molecule has 6 heteroatoms. The predicted octanol–water partition coefficient (Wildman–Crippen LogP) is 3.13. The van der Waals surface area contributed by atoms with E-state index >= 15 is 0 Å². The molecule has 0 atom stereocenters. The predicted molar refractivity (Wildman–Crippen MR) is 77.6 cm³/mol. The zero-order chi connectivity index (χ0) is 13.8. The molecule has 0 aliphatic rings. The van der Waals surface area contributed by atoms with Crippen LogP contribution in [0.5, 0.6) is 11.6 Å². The monoisotopic (exact) mass is 370 g/mol. The molecule has 1 aromatic heterocycles. The molecule has 0 bridgehead atoms. The van der Waals surface area contributed by atoms with Crippen LogP contribution in [0.1, 0.15) is 23.0 Å². The highest BCUT2D eigenvalue weighted by Crippen LogP contribution is 2.27. The number of ether oxygens (including phenoxy) is 1. The van der Waals surface area contributed by atoms with Crippen LogP contribution in [0.25, 0.3) is 0 Å². The highest BCUT2D eigenvalue weighted by Gasteiger charge is 2.09. The van der Waals surface area contributed by atoms with Gasteiger partial charge in [0.2, 0.25) is 5.88 Å². The number of benzene rings is 1. The summed E-state index contributed by atoms with van der Waals surface area (Å²) in [4.78, 5) is 19.0. The van der Waals surface area contributed by atoms with Crippen LogP contribution in [0.2, 0.25) is 0 Å².